The number of nitrogens with zero attached hydrogens (tertiary/aromatic N) is 1. The fourth-order valence-electron chi connectivity index (χ4n) is 2.64. The second-order valence-electron chi connectivity index (χ2n) is 6.23. The molecule has 0 bridgehead atoms. The molecule has 2 atom stereocenters. The van der Waals surface area contributed by atoms with Crippen LogP contribution < -0.4 is 10.6 Å². The maximum Gasteiger partial charge on any atom is 0.191 e. The minimum atomic E-state index is 0.414. The van der Waals surface area contributed by atoms with Gasteiger partial charge in [0.25, 0.3) is 0 Å². The van der Waals surface area contributed by atoms with Crippen molar-refractivity contribution < 1.29 is 9.47 Å². The molecule has 1 saturated carbocycles. The molecule has 0 saturated heterocycles. The van der Waals surface area contributed by atoms with Crippen LogP contribution in [0.2, 0.25) is 5.02 Å². The van der Waals surface area contributed by atoms with Crippen molar-refractivity contribution in [3.05, 3.63) is 34.9 Å². The maximum atomic E-state index is 6.06. The molecule has 2 rings (SSSR count). The van der Waals surface area contributed by atoms with E-state index >= 15 is 0 Å². The third kappa shape index (κ3) is 7.63. The number of ether oxygens (including phenoxy) is 2. The highest BCUT2D eigenvalue weighted by atomic mass is 35.5. The summed E-state index contributed by atoms with van der Waals surface area (Å²) in [4.78, 5) is 4.27. The first-order valence-corrected chi connectivity index (χ1v) is 9.50. The largest absolute Gasteiger partial charge is 0.379 e. The van der Waals surface area contributed by atoms with Crippen LogP contribution in [0, 0.1) is 0 Å². The first kappa shape index (κ1) is 20.0. The highest BCUT2D eigenvalue weighted by Gasteiger charge is 2.39. The van der Waals surface area contributed by atoms with E-state index in [-0.39, 0.29) is 0 Å². The van der Waals surface area contributed by atoms with Crippen molar-refractivity contribution >= 4 is 17.6 Å². The molecular formula is C19H30ClN3O2. The molecule has 0 spiro atoms. The Labute approximate surface area is 156 Å². The van der Waals surface area contributed by atoms with Crippen molar-refractivity contribution in [2.45, 2.75) is 38.1 Å². The number of hydrogen-bond donors (Lipinski definition) is 2. The molecule has 25 heavy (non-hydrogen) atoms. The Morgan fingerprint density at radius 2 is 2.04 bits per heavy atom. The third-order valence-electron chi connectivity index (χ3n) is 4.17. The van der Waals surface area contributed by atoms with Crippen LogP contribution >= 0.6 is 11.6 Å². The quantitative estimate of drug-likeness (QED) is 0.358. The van der Waals surface area contributed by atoms with Crippen LogP contribution in [-0.4, -0.2) is 52.0 Å². The molecular weight excluding hydrogens is 338 g/mol. The lowest BCUT2D eigenvalue weighted by Crippen LogP contribution is -2.40. The molecule has 140 valence electrons. The Morgan fingerprint density at radius 3 is 2.76 bits per heavy atom. The van der Waals surface area contributed by atoms with E-state index in [9.17, 15) is 0 Å². The Hall–Kier alpha value is -1.30. The zero-order valence-electron chi connectivity index (χ0n) is 15.3. The van der Waals surface area contributed by atoms with E-state index in [4.69, 9.17) is 21.1 Å². The van der Waals surface area contributed by atoms with Crippen molar-refractivity contribution in [1.29, 1.82) is 0 Å². The summed E-state index contributed by atoms with van der Waals surface area (Å²) >= 11 is 6.06. The number of guanidine groups is 1. The molecule has 1 aliphatic rings. The summed E-state index contributed by atoms with van der Waals surface area (Å²) in [5, 5.41) is 7.52. The van der Waals surface area contributed by atoms with Gasteiger partial charge in [-0.25, -0.2) is 0 Å². The average molecular weight is 368 g/mol. The molecule has 0 aliphatic heterocycles. The minimum Gasteiger partial charge on any atom is -0.379 e. The maximum absolute atomic E-state index is 6.06. The van der Waals surface area contributed by atoms with Crippen LogP contribution in [0.4, 0.5) is 0 Å². The van der Waals surface area contributed by atoms with Gasteiger partial charge in [0.05, 0.1) is 19.8 Å². The summed E-state index contributed by atoms with van der Waals surface area (Å²) in [7, 11) is 1.79. The molecule has 0 aromatic heterocycles. The van der Waals surface area contributed by atoms with Crippen molar-refractivity contribution in [3.8, 4) is 0 Å². The van der Waals surface area contributed by atoms with Crippen LogP contribution in [0.5, 0.6) is 0 Å². The van der Waals surface area contributed by atoms with Gasteiger partial charge in [-0.2, -0.15) is 0 Å². The van der Waals surface area contributed by atoms with Gasteiger partial charge in [-0.05, 0) is 30.5 Å². The monoisotopic (exact) mass is 367 g/mol. The molecule has 0 amide bonds. The minimum absolute atomic E-state index is 0.414. The van der Waals surface area contributed by atoms with E-state index in [2.05, 4.69) is 28.6 Å². The lowest BCUT2D eigenvalue weighted by Gasteiger charge is -2.12. The van der Waals surface area contributed by atoms with Gasteiger partial charge in [-0.3, -0.25) is 4.99 Å². The summed E-state index contributed by atoms with van der Waals surface area (Å²) in [6.07, 6.45) is 3.38. The van der Waals surface area contributed by atoms with Gasteiger partial charge in [0, 0.05) is 37.2 Å². The molecule has 2 N–H and O–H groups in total. The predicted octanol–water partition coefficient (Wildman–Crippen LogP) is 3.19. The Morgan fingerprint density at radius 1 is 1.24 bits per heavy atom. The van der Waals surface area contributed by atoms with E-state index < -0.39 is 0 Å². The van der Waals surface area contributed by atoms with Crippen molar-refractivity contribution in [2.24, 2.45) is 4.99 Å². The molecule has 1 aromatic carbocycles. The number of hydrogen-bond acceptors (Lipinski definition) is 3. The topological polar surface area (TPSA) is 54.9 Å². The number of rotatable bonds is 11. The van der Waals surface area contributed by atoms with Gasteiger partial charge in [-0.15, -0.1) is 0 Å². The molecule has 1 aromatic rings. The average Bonchev–Trinajstić information content (AvgIpc) is 3.38. The predicted molar refractivity (Wildman–Crippen MR) is 104 cm³/mol. The second-order valence-corrected chi connectivity index (χ2v) is 6.66. The first-order valence-electron chi connectivity index (χ1n) is 9.12. The van der Waals surface area contributed by atoms with E-state index in [0.717, 1.165) is 43.4 Å². The Bertz CT molecular complexity index is 539. The van der Waals surface area contributed by atoms with E-state index in [1.807, 2.05) is 18.2 Å². The number of nitrogens with one attached hydrogen (secondary N) is 2. The summed E-state index contributed by atoms with van der Waals surface area (Å²) in [5.41, 5.74) is 1.28. The number of benzene rings is 1. The second kappa shape index (κ2) is 11.3. The lowest BCUT2D eigenvalue weighted by atomic mass is 10.1. The van der Waals surface area contributed by atoms with Gasteiger partial charge >= 0.3 is 0 Å². The summed E-state index contributed by atoms with van der Waals surface area (Å²) in [6.45, 7) is 5.64. The molecule has 5 nitrogen and oxygen atoms in total. The SMILES string of the molecule is CCCCOCCOCCNC(=NC)NC1CC1c1cccc(Cl)c1. The van der Waals surface area contributed by atoms with Crippen LogP contribution in [0.3, 0.4) is 0 Å². The number of halogens is 1. The first-order chi connectivity index (χ1) is 12.2. The van der Waals surface area contributed by atoms with Gasteiger partial charge in [0.15, 0.2) is 5.96 Å². The number of unbranched alkanes of at least 4 members (excludes halogenated alkanes) is 1. The van der Waals surface area contributed by atoms with Gasteiger partial charge in [-0.1, -0.05) is 37.1 Å². The number of aliphatic imine (C=N–C) groups is 1. The van der Waals surface area contributed by atoms with E-state index in [1.165, 1.54) is 5.56 Å². The smallest absolute Gasteiger partial charge is 0.191 e. The van der Waals surface area contributed by atoms with Crippen molar-refractivity contribution in [2.75, 3.05) is 40.0 Å². The summed E-state index contributed by atoms with van der Waals surface area (Å²) in [5.74, 6) is 1.33. The Kier molecular flexibility index (Phi) is 9.08. The molecule has 2 unspecified atom stereocenters. The molecule has 1 aliphatic carbocycles. The molecule has 6 heteroatoms. The third-order valence-corrected chi connectivity index (χ3v) is 4.40. The molecule has 0 heterocycles. The van der Waals surface area contributed by atoms with Crippen LogP contribution in [-0.2, 0) is 9.47 Å². The molecule has 0 radical (unpaired) electrons. The van der Waals surface area contributed by atoms with Crippen molar-refractivity contribution in [3.63, 3.8) is 0 Å². The highest BCUT2D eigenvalue weighted by Crippen LogP contribution is 2.41. The lowest BCUT2D eigenvalue weighted by molar-refractivity contribution is 0.0487. The van der Waals surface area contributed by atoms with Gasteiger partial charge in [0.2, 0.25) is 0 Å². The van der Waals surface area contributed by atoms with Crippen LogP contribution in [0.15, 0.2) is 29.3 Å². The fourth-order valence-corrected chi connectivity index (χ4v) is 2.84. The zero-order valence-corrected chi connectivity index (χ0v) is 16.0. The normalized spacial score (nSPS) is 19.7. The highest BCUT2D eigenvalue weighted by molar-refractivity contribution is 6.30. The van der Waals surface area contributed by atoms with E-state index in [0.29, 0.717) is 31.8 Å². The standard InChI is InChI=1S/C19H30ClN3O2/c1-3-4-9-24-11-12-25-10-8-22-19(21-2)23-18-14-17(18)15-6-5-7-16(20)13-15/h5-7,13,17-18H,3-4,8-12,14H2,1-2H3,(H2,21,22,23). The van der Waals surface area contributed by atoms with Crippen LogP contribution in [0.1, 0.15) is 37.7 Å². The van der Waals surface area contributed by atoms with E-state index in [1.54, 1.807) is 7.05 Å². The van der Waals surface area contributed by atoms with Crippen molar-refractivity contribution in [1.82, 2.24) is 10.6 Å². The fraction of sp³-hybridized carbons (Fsp3) is 0.632. The molecule has 1 fully saturated rings. The zero-order chi connectivity index (χ0) is 17.9. The summed E-state index contributed by atoms with van der Waals surface area (Å²) < 4.78 is 11.0. The van der Waals surface area contributed by atoms with Gasteiger partial charge in [0.1, 0.15) is 0 Å². The van der Waals surface area contributed by atoms with Gasteiger partial charge < -0.3 is 20.1 Å². The van der Waals surface area contributed by atoms with Crippen LogP contribution in [0.25, 0.3) is 0 Å². The summed E-state index contributed by atoms with van der Waals surface area (Å²) in [6, 6.07) is 8.50. The Balaban J connectivity index is 1.55.